The smallest absolute Gasteiger partial charge is 0.0450 e. The molecule has 1 aromatic rings. The van der Waals surface area contributed by atoms with Gasteiger partial charge < -0.3 is 5.73 Å². The fourth-order valence-corrected chi connectivity index (χ4v) is 2.81. The number of benzene rings is 1. The zero-order chi connectivity index (χ0) is 14.0. The van der Waals surface area contributed by atoms with Crippen molar-refractivity contribution < 1.29 is 0 Å². The lowest BCUT2D eigenvalue weighted by Crippen LogP contribution is -2.60. The summed E-state index contributed by atoms with van der Waals surface area (Å²) < 4.78 is 0. The molecule has 0 aliphatic carbocycles. The van der Waals surface area contributed by atoms with Gasteiger partial charge in [0.25, 0.3) is 0 Å². The standard InChI is InChI=1S/C16H27N3/c1-13(15(17)14-8-6-5-7-9-14)19-11-10-18(4)16(2,3)12-19/h5-9,13,15H,10-12,17H2,1-4H3. The molecule has 3 heteroatoms. The van der Waals surface area contributed by atoms with Crippen molar-refractivity contribution in [3.05, 3.63) is 35.9 Å². The predicted molar refractivity (Wildman–Crippen MR) is 81.1 cm³/mol. The van der Waals surface area contributed by atoms with Crippen LogP contribution in [0.25, 0.3) is 0 Å². The van der Waals surface area contributed by atoms with Crippen LogP contribution in [0.4, 0.5) is 0 Å². The van der Waals surface area contributed by atoms with Gasteiger partial charge in [0, 0.05) is 37.3 Å². The highest BCUT2D eigenvalue weighted by Crippen LogP contribution is 2.25. The van der Waals surface area contributed by atoms with E-state index in [2.05, 4.69) is 61.9 Å². The molecule has 1 aliphatic heterocycles. The molecule has 1 fully saturated rings. The van der Waals surface area contributed by atoms with Crippen LogP contribution >= 0.6 is 0 Å². The lowest BCUT2D eigenvalue weighted by Gasteiger charge is -2.48. The average Bonchev–Trinajstić information content (AvgIpc) is 2.41. The number of hydrogen-bond acceptors (Lipinski definition) is 3. The van der Waals surface area contributed by atoms with Crippen LogP contribution in [0.15, 0.2) is 30.3 Å². The van der Waals surface area contributed by atoms with E-state index in [1.165, 1.54) is 5.56 Å². The Balaban J connectivity index is 2.06. The number of nitrogens with zero attached hydrogens (tertiary/aromatic N) is 2. The van der Waals surface area contributed by atoms with Gasteiger partial charge in [-0.1, -0.05) is 30.3 Å². The molecule has 1 aliphatic rings. The molecule has 1 saturated heterocycles. The summed E-state index contributed by atoms with van der Waals surface area (Å²) in [6, 6.07) is 10.9. The maximum absolute atomic E-state index is 6.44. The number of piperazine rings is 1. The molecular formula is C16H27N3. The third kappa shape index (κ3) is 3.16. The lowest BCUT2D eigenvalue weighted by molar-refractivity contribution is 0.0149. The second-order valence-electron chi connectivity index (χ2n) is 6.38. The molecule has 106 valence electrons. The second-order valence-corrected chi connectivity index (χ2v) is 6.38. The summed E-state index contributed by atoms with van der Waals surface area (Å²) in [6.45, 7) is 10.1. The highest BCUT2D eigenvalue weighted by Gasteiger charge is 2.34. The van der Waals surface area contributed by atoms with Crippen molar-refractivity contribution in [3.63, 3.8) is 0 Å². The molecule has 2 rings (SSSR count). The number of rotatable bonds is 3. The second kappa shape index (κ2) is 5.61. The van der Waals surface area contributed by atoms with E-state index in [1.54, 1.807) is 0 Å². The Morgan fingerprint density at radius 3 is 2.37 bits per heavy atom. The third-order valence-corrected chi connectivity index (χ3v) is 4.63. The first-order valence-electron chi connectivity index (χ1n) is 7.17. The Kier molecular flexibility index (Phi) is 4.29. The zero-order valence-electron chi connectivity index (χ0n) is 12.6. The molecule has 2 atom stereocenters. The summed E-state index contributed by atoms with van der Waals surface area (Å²) in [5, 5.41) is 0. The van der Waals surface area contributed by atoms with E-state index in [4.69, 9.17) is 5.73 Å². The van der Waals surface area contributed by atoms with Crippen molar-refractivity contribution in [3.8, 4) is 0 Å². The molecule has 0 saturated carbocycles. The first kappa shape index (κ1) is 14.5. The van der Waals surface area contributed by atoms with E-state index < -0.39 is 0 Å². The summed E-state index contributed by atoms with van der Waals surface area (Å²) in [5.41, 5.74) is 7.89. The zero-order valence-corrected chi connectivity index (χ0v) is 12.6. The maximum atomic E-state index is 6.44. The first-order chi connectivity index (χ1) is 8.92. The average molecular weight is 261 g/mol. The molecule has 0 spiro atoms. The Hall–Kier alpha value is -0.900. The van der Waals surface area contributed by atoms with Gasteiger partial charge in [-0.2, -0.15) is 0 Å². The molecule has 0 bridgehead atoms. The lowest BCUT2D eigenvalue weighted by atomic mass is 9.94. The van der Waals surface area contributed by atoms with Crippen molar-refractivity contribution in [2.75, 3.05) is 26.7 Å². The van der Waals surface area contributed by atoms with Crippen molar-refractivity contribution in [1.82, 2.24) is 9.80 Å². The largest absolute Gasteiger partial charge is 0.323 e. The van der Waals surface area contributed by atoms with Crippen LogP contribution in [0, 0.1) is 0 Å². The van der Waals surface area contributed by atoms with E-state index in [0.717, 1.165) is 19.6 Å². The van der Waals surface area contributed by atoms with Gasteiger partial charge >= 0.3 is 0 Å². The van der Waals surface area contributed by atoms with Gasteiger partial charge in [0.05, 0.1) is 0 Å². The Labute approximate surface area is 117 Å². The van der Waals surface area contributed by atoms with Crippen LogP contribution < -0.4 is 5.73 Å². The fourth-order valence-electron chi connectivity index (χ4n) is 2.81. The van der Waals surface area contributed by atoms with Crippen LogP contribution in [0.5, 0.6) is 0 Å². The summed E-state index contributed by atoms with van der Waals surface area (Å²) in [7, 11) is 2.21. The first-order valence-corrected chi connectivity index (χ1v) is 7.17. The van der Waals surface area contributed by atoms with Crippen LogP contribution in [-0.4, -0.2) is 48.1 Å². The minimum Gasteiger partial charge on any atom is -0.323 e. The van der Waals surface area contributed by atoms with Gasteiger partial charge in [-0.25, -0.2) is 0 Å². The molecule has 1 aromatic carbocycles. The highest BCUT2D eigenvalue weighted by atomic mass is 15.3. The predicted octanol–water partition coefficient (Wildman–Crippen LogP) is 2.10. The number of nitrogens with two attached hydrogens (primary N) is 1. The minimum absolute atomic E-state index is 0.0837. The van der Waals surface area contributed by atoms with Crippen LogP contribution in [0.2, 0.25) is 0 Å². The van der Waals surface area contributed by atoms with E-state index in [-0.39, 0.29) is 11.6 Å². The van der Waals surface area contributed by atoms with Gasteiger partial charge in [-0.15, -0.1) is 0 Å². The normalized spacial score (nSPS) is 24.1. The van der Waals surface area contributed by atoms with Gasteiger partial charge in [0.15, 0.2) is 0 Å². The van der Waals surface area contributed by atoms with Gasteiger partial charge in [-0.05, 0) is 33.4 Å². The summed E-state index contributed by atoms with van der Waals surface area (Å²) >= 11 is 0. The maximum Gasteiger partial charge on any atom is 0.0450 e. The Morgan fingerprint density at radius 1 is 1.16 bits per heavy atom. The molecule has 0 radical (unpaired) electrons. The van der Waals surface area contributed by atoms with E-state index >= 15 is 0 Å². The van der Waals surface area contributed by atoms with Crippen molar-refractivity contribution in [2.45, 2.75) is 38.4 Å². The van der Waals surface area contributed by atoms with Crippen molar-refractivity contribution >= 4 is 0 Å². The van der Waals surface area contributed by atoms with E-state index in [1.807, 2.05) is 6.07 Å². The van der Waals surface area contributed by atoms with Gasteiger partial charge in [0.1, 0.15) is 0 Å². The monoisotopic (exact) mass is 261 g/mol. The molecule has 1 heterocycles. The Morgan fingerprint density at radius 2 is 1.79 bits per heavy atom. The summed E-state index contributed by atoms with van der Waals surface area (Å²) in [4.78, 5) is 4.96. The fraction of sp³-hybridized carbons (Fsp3) is 0.625. The molecule has 0 amide bonds. The van der Waals surface area contributed by atoms with Crippen molar-refractivity contribution in [1.29, 1.82) is 0 Å². The van der Waals surface area contributed by atoms with E-state index in [9.17, 15) is 0 Å². The minimum atomic E-state index is 0.0837. The SMILES string of the molecule is CC(C(N)c1ccccc1)N1CCN(C)C(C)(C)C1. The molecule has 2 unspecified atom stereocenters. The summed E-state index contributed by atoms with van der Waals surface area (Å²) in [6.07, 6.45) is 0. The molecule has 3 nitrogen and oxygen atoms in total. The van der Waals surface area contributed by atoms with Crippen molar-refractivity contribution in [2.24, 2.45) is 5.73 Å². The van der Waals surface area contributed by atoms with Crippen LogP contribution in [0.3, 0.4) is 0 Å². The third-order valence-electron chi connectivity index (χ3n) is 4.63. The van der Waals surface area contributed by atoms with Crippen LogP contribution in [0.1, 0.15) is 32.4 Å². The number of likely N-dealkylation sites (N-methyl/N-ethyl adjacent to an activating group) is 1. The van der Waals surface area contributed by atoms with Crippen LogP contribution in [-0.2, 0) is 0 Å². The topological polar surface area (TPSA) is 32.5 Å². The van der Waals surface area contributed by atoms with E-state index in [0.29, 0.717) is 6.04 Å². The molecule has 19 heavy (non-hydrogen) atoms. The number of hydrogen-bond donors (Lipinski definition) is 1. The van der Waals surface area contributed by atoms with Gasteiger partial charge in [0.2, 0.25) is 0 Å². The molecule has 2 N–H and O–H groups in total. The van der Waals surface area contributed by atoms with Gasteiger partial charge in [-0.3, -0.25) is 9.80 Å². The highest BCUT2D eigenvalue weighted by molar-refractivity contribution is 5.20. The molecule has 0 aromatic heterocycles. The Bertz CT molecular complexity index is 402. The molecular weight excluding hydrogens is 234 g/mol. The summed E-state index contributed by atoms with van der Waals surface area (Å²) in [5.74, 6) is 0. The quantitative estimate of drug-likeness (QED) is 0.904.